The van der Waals surface area contributed by atoms with Crippen LogP contribution in [0, 0.1) is 29.1 Å². The first-order valence-corrected chi connectivity index (χ1v) is 6.79. The molecule has 0 spiro atoms. The van der Waals surface area contributed by atoms with E-state index in [1.54, 1.807) is 0 Å². The summed E-state index contributed by atoms with van der Waals surface area (Å²) in [5.41, 5.74) is 1.11. The molecule has 0 heterocycles. The van der Waals surface area contributed by atoms with Crippen LogP contribution in [0.15, 0.2) is 11.6 Å². The summed E-state index contributed by atoms with van der Waals surface area (Å²) in [5.74, 6) is 2.91. The standard InChI is InChI=1S/C15H24O2/c1-10-4-5-12-14(10)13(15(12,2)3)8-11(9-17)6-7-16/h8-10,12-14,16H,4-7H2,1-3H3. The third-order valence-corrected chi connectivity index (χ3v) is 5.23. The number of aliphatic hydroxyl groups is 1. The lowest BCUT2D eigenvalue weighted by atomic mass is 9.48. The fourth-order valence-electron chi connectivity index (χ4n) is 4.19. The zero-order valence-corrected chi connectivity index (χ0v) is 11.1. The van der Waals surface area contributed by atoms with Gasteiger partial charge in [-0.1, -0.05) is 33.3 Å². The average Bonchev–Trinajstić information content (AvgIpc) is 2.64. The first-order chi connectivity index (χ1) is 8.02. The van der Waals surface area contributed by atoms with E-state index in [1.807, 2.05) is 0 Å². The highest BCUT2D eigenvalue weighted by Gasteiger charge is 2.58. The molecule has 2 aliphatic rings. The summed E-state index contributed by atoms with van der Waals surface area (Å²) in [5, 5.41) is 8.94. The lowest BCUT2D eigenvalue weighted by Gasteiger charge is -2.56. The Kier molecular flexibility index (Phi) is 3.44. The Balaban J connectivity index is 2.17. The second kappa shape index (κ2) is 4.56. The normalized spacial score (nSPS) is 39.6. The quantitative estimate of drug-likeness (QED) is 0.602. The second-order valence-electron chi connectivity index (χ2n) is 6.42. The molecule has 4 unspecified atom stereocenters. The van der Waals surface area contributed by atoms with Crippen LogP contribution in [0.4, 0.5) is 0 Å². The van der Waals surface area contributed by atoms with Crippen LogP contribution in [-0.2, 0) is 4.79 Å². The number of carbonyl (C=O) groups is 1. The van der Waals surface area contributed by atoms with Crippen LogP contribution in [0.25, 0.3) is 0 Å². The Hall–Kier alpha value is -0.630. The lowest BCUT2D eigenvalue weighted by molar-refractivity contribution is -0.105. The molecule has 2 rings (SSSR count). The van der Waals surface area contributed by atoms with Gasteiger partial charge in [0.25, 0.3) is 0 Å². The van der Waals surface area contributed by atoms with Crippen LogP contribution in [0.2, 0.25) is 0 Å². The van der Waals surface area contributed by atoms with Gasteiger partial charge in [-0.05, 0) is 47.5 Å². The maximum absolute atomic E-state index is 11.0. The molecule has 17 heavy (non-hydrogen) atoms. The predicted octanol–water partition coefficient (Wildman–Crippen LogP) is 2.81. The smallest absolute Gasteiger partial charge is 0.145 e. The molecule has 0 aromatic carbocycles. The van der Waals surface area contributed by atoms with E-state index in [0.29, 0.717) is 17.8 Å². The molecule has 2 heteroatoms. The van der Waals surface area contributed by atoms with Gasteiger partial charge in [-0.25, -0.2) is 0 Å². The van der Waals surface area contributed by atoms with Gasteiger partial charge in [-0.2, -0.15) is 0 Å². The zero-order valence-electron chi connectivity index (χ0n) is 11.1. The lowest BCUT2D eigenvalue weighted by Crippen LogP contribution is -2.51. The molecular weight excluding hydrogens is 212 g/mol. The maximum Gasteiger partial charge on any atom is 0.145 e. The van der Waals surface area contributed by atoms with Gasteiger partial charge in [0.2, 0.25) is 0 Å². The molecule has 1 N–H and O–H groups in total. The first kappa shape index (κ1) is 12.8. The van der Waals surface area contributed by atoms with Gasteiger partial charge in [-0.3, -0.25) is 4.79 Å². The molecule has 0 aliphatic heterocycles. The maximum atomic E-state index is 11.0. The Morgan fingerprint density at radius 2 is 2.12 bits per heavy atom. The van der Waals surface area contributed by atoms with E-state index in [0.717, 1.165) is 29.6 Å². The van der Waals surface area contributed by atoms with Crippen molar-refractivity contribution in [2.45, 2.75) is 40.0 Å². The number of rotatable bonds is 4. The first-order valence-electron chi connectivity index (χ1n) is 6.79. The summed E-state index contributed by atoms with van der Waals surface area (Å²) in [6, 6.07) is 0. The molecule has 0 aromatic rings. The molecule has 0 amide bonds. The van der Waals surface area contributed by atoms with Gasteiger partial charge in [0, 0.05) is 6.61 Å². The molecule has 2 aliphatic carbocycles. The third kappa shape index (κ3) is 1.97. The van der Waals surface area contributed by atoms with E-state index in [2.05, 4.69) is 26.8 Å². The van der Waals surface area contributed by atoms with Gasteiger partial charge in [0.1, 0.15) is 6.29 Å². The molecule has 2 saturated carbocycles. The van der Waals surface area contributed by atoms with Crippen molar-refractivity contribution in [3.63, 3.8) is 0 Å². The van der Waals surface area contributed by atoms with E-state index in [9.17, 15) is 4.79 Å². The minimum Gasteiger partial charge on any atom is -0.396 e. The van der Waals surface area contributed by atoms with Crippen LogP contribution in [0.1, 0.15) is 40.0 Å². The van der Waals surface area contributed by atoms with Gasteiger partial charge < -0.3 is 5.11 Å². The molecule has 0 aromatic heterocycles. The van der Waals surface area contributed by atoms with Crippen molar-refractivity contribution in [3.05, 3.63) is 11.6 Å². The highest BCUT2D eigenvalue weighted by atomic mass is 16.3. The Labute approximate surface area is 104 Å². The van der Waals surface area contributed by atoms with Crippen molar-refractivity contribution in [1.29, 1.82) is 0 Å². The predicted molar refractivity (Wildman–Crippen MR) is 68.5 cm³/mol. The monoisotopic (exact) mass is 236 g/mol. The van der Waals surface area contributed by atoms with E-state index < -0.39 is 0 Å². The fourth-order valence-corrected chi connectivity index (χ4v) is 4.19. The third-order valence-electron chi connectivity index (χ3n) is 5.23. The van der Waals surface area contributed by atoms with Crippen LogP contribution < -0.4 is 0 Å². The van der Waals surface area contributed by atoms with Crippen molar-refractivity contribution < 1.29 is 9.90 Å². The Bertz CT molecular complexity index is 330. The highest BCUT2D eigenvalue weighted by Crippen LogP contribution is 2.65. The number of aldehydes is 1. The van der Waals surface area contributed by atoms with Gasteiger partial charge in [-0.15, -0.1) is 0 Å². The summed E-state index contributed by atoms with van der Waals surface area (Å²) >= 11 is 0. The van der Waals surface area contributed by atoms with Crippen LogP contribution >= 0.6 is 0 Å². The van der Waals surface area contributed by atoms with Crippen LogP contribution in [0.5, 0.6) is 0 Å². The number of fused-ring (bicyclic) bond motifs is 1. The topological polar surface area (TPSA) is 37.3 Å². The number of hydrogen-bond acceptors (Lipinski definition) is 2. The largest absolute Gasteiger partial charge is 0.396 e. The van der Waals surface area contributed by atoms with Crippen molar-refractivity contribution in [1.82, 2.24) is 0 Å². The molecule has 0 radical (unpaired) electrons. The fraction of sp³-hybridized carbons (Fsp3) is 0.800. The zero-order chi connectivity index (χ0) is 12.6. The summed E-state index contributed by atoms with van der Waals surface area (Å²) < 4.78 is 0. The molecular formula is C15H24O2. The summed E-state index contributed by atoms with van der Waals surface area (Å²) in [6.45, 7) is 7.07. The summed E-state index contributed by atoms with van der Waals surface area (Å²) in [7, 11) is 0. The average molecular weight is 236 g/mol. The number of allylic oxidation sites excluding steroid dienone is 1. The second-order valence-corrected chi connectivity index (χ2v) is 6.42. The molecule has 0 bridgehead atoms. The molecule has 0 saturated heterocycles. The summed E-state index contributed by atoms with van der Waals surface area (Å²) in [6.07, 6.45) is 6.24. The number of hydrogen-bond donors (Lipinski definition) is 1. The Morgan fingerprint density at radius 3 is 2.71 bits per heavy atom. The van der Waals surface area contributed by atoms with Gasteiger partial charge in [0.05, 0.1) is 0 Å². The van der Waals surface area contributed by atoms with E-state index in [-0.39, 0.29) is 6.61 Å². The Morgan fingerprint density at radius 1 is 1.41 bits per heavy atom. The molecule has 96 valence electrons. The highest BCUT2D eigenvalue weighted by molar-refractivity contribution is 5.73. The van der Waals surface area contributed by atoms with Gasteiger partial charge >= 0.3 is 0 Å². The van der Waals surface area contributed by atoms with E-state index in [1.165, 1.54) is 12.8 Å². The van der Waals surface area contributed by atoms with Crippen LogP contribution in [-0.4, -0.2) is 18.0 Å². The van der Waals surface area contributed by atoms with Crippen molar-refractivity contribution >= 4 is 6.29 Å². The number of carbonyl (C=O) groups excluding carboxylic acids is 1. The SMILES string of the molecule is CC1CCC2C1C(C=C(C=O)CCO)C2(C)C. The van der Waals surface area contributed by atoms with Crippen molar-refractivity contribution in [2.75, 3.05) is 6.61 Å². The van der Waals surface area contributed by atoms with Crippen molar-refractivity contribution in [3.8, 4) is 0 Å². The van der Waals surface area contributed by atoms with Gasteiger partial charge in [0.15, 0.2) is 0 Å². The molecule has 2 nitrogen and oxygen atoms in total. The molecule has 4 atom stereocenters. The van der Waals surface area contributed by atoms with E-state index >= 15 is 0 Å². The minimum atomic E-state index is 0.0708. The van der Waals surface area contributed by atoms with E-state index in [4.69, 9.17) is 5.11 Å². The number of aliphatic hydroxyl groups excluding tert-OH is 1. The van der Waals surface area contributed by atoms with Crippen LogP contribution in [0.3, 0.4) is 0 Å². The molecule has 2 fully saturated rings. The summed E-state index contributed by atoms with van der Waals surface area (Å²) in [4.78, 5) is 11.0. The van der Waals surface area contributed by atoms with Crippen molar-refractivity contribution in [2.24, 2.45) is 29.1 Å². The minimum absolute atomic E-state index is 0.0708.